The Morgan fingerprint density at radius 1 is 1.13 bits per heavy atom. The summed E-state index contributed by atoms with van der Waals surface area (Å²) in [5.74, 6) is 1.56. The van der Waals surface area contributed by atoms with Gasteiger partial charge in [0.1, 0.15) is 22.3 Å². The molecule has 192 valence electrons. The fourth-order valence-electron chi connectivity index (χ4n) is 4.91. The minimum atomic E-state index is -4.47. The minimum Gasteiger partial charge on any atom is -0.480 e. The molecule has 1 aliphatic carbocycles. The van der Waals surface area contributed by atoms with Crippen molar-refractivity contribution >= 4 is 27.0 Å². The van der Waals surface area contributed by atoms with E-state index in [-0.39, 0.29) is 0 Å². The van der Waals surface area contributed by atoms with Gasteiger partial charge < -0.3 is 9.30 Å². The second kappa shape index (κ2) is 8.32. The smallest absolute Gasteiger partial charge is 0.434 e. The quantitative estimate of drug-likeness (QED) is 0.275. The van der Waals surface area contributed by atoms with E-state index in [1.807, 2.05) is 18.2 Å². The lowest BCUT2D eigenvalue weighted by Crippen LogP contribution is -2.06. The van der Waals surface area contributed by atoms with Gasteiger partial charge in [0.25, 0.3) is 0 Å². The standard InChI is InChI=1S/C25H18BrF3N8O/c1-38-24-18(19(13-3-4-13)31-11-32-24)21-30-7-16-20(26)35-37(23(16)34-21)8-12-2-5-15-14(6-12)9-36-10-17(25(27,28)29)33-22(15)36/h2,5-7,10-11,13H,3-4,8-9H2,1H3. The van der Waals surface area contributed by atoms with Gasteiger partial charge in [-0.25, -0.2) is 29.6 Å². The third-order valence-electron chi connectivity index (χ3n) is 6.82. The summed E-state index contributed by atoms with van der Waals surface area (Å²) in [5, 5.41) is 5.37. The van der Waals surface area contributed by atoms with Gasteiger partial charge in [-0.05, 0) is 39.9 Å². The summed E-state index contributed by atoms with van der Waals surface area (Å²) in [7, 11) is 1.56. The molecule has 0 radical (unpaired) electrons. The summed E-state index contributed by atoms with van der Waals surface area (Å²) >= 11 is 3.51. The predicted octanol–water partition coefficient (Wildman–Crippen LogP) is 5.22. The Bertz CT molecular complexity index is 1740. The number of alkyl halides is 3. The maximum absolute atomic E-state index is 13.1. The van der Waals surface area contributed by atoms with Crippen LogP contribution in [0.1, 0.15) is 41.3 Å². The lowest BCUT2D eigenvalue weighted by Gasteiger charge is -2.11. The average Bonchev–Trinajstić information content (AvgIpc) is 3.46. The molecule has 2 aliphatic rings. The van der Waals surface area contributed by atoms with Crippen molar-refractivity contribution in [1.29, 1.82) is 0 Å². The van der Waals surface area contributed by atoms with Gasteiger partial charge in [-0.2, -0.15) is 18.3 Å². The van der Waals surface area contributed by atoms with Crippen LogP contribution in [0.5, 0.6) is 5.88 Å². The van der Waals surface area contributed by atoms with Gasteiger partial charge >= 0.3 is 6.18 Å². The zero-order valence-corrected chi connectivity index (χ0v) is 21.5. The largest absolute Gasteiger partial charge is 0.480 e. The first kappa shape index (κ1) is 23.3. The summed E-state index contributed by atoms with van der Waals surface area (Å²) in [6, 6.07) is 5.66. The molecule has 1 saturated carbocycles. The van der Waals surface area contributed by atoms with E-state index in [0.29, 0.717) is 57.9 Å². The molecule has 0 unspecified atom stereocenters. The van der Waals surface area contributed by atoms with Crippen LogP contribution in [0.15, 0.2) is 41.5 Å². The molecule has 0 amide bonds. The van der Waals surface area contributed by atoms with Crippen LogP contribution in [-0.2, 0) is 19.3 Å². The number of benzene rings is 1. The van der Waals surface area contributed by atoms with E-state index in [1.165, 1.54) is 10.9 Å². The molecule has 13 heteroatoms. The maximum Gasteiger partial charge on any atom is 0.434 e. The lowest BCUT2D eigenvalue weighted by atomic mass is 10.1. The monoisotopic (exact) mass is 582 g/mol. The molecule has 0 atom stereocenters. The van der Waals surface area contributed by atoms with Crippen molar-refractivity contribution in [2.45, 2.75) is 38.0 Å². The van der Waals surface area contributed by atoms with Gasteiger partial charge in [0.15, 0.2) is 17.2 Å². The molecule has 7 rings (SSSR count). The second-order valence-corrected chi connectivity index (χ2v) is 10.1. The van der Waals surface area contributed by atoms with E-state index in [2.05, 4.69) is 41.0 Å². The molecular weight excluding hydrogens is 565 g/mol. The van der Waals surface area contributed by atoms with Crippen molar-refractivity contribution in [3.63, 3.8) is 0 Å². The van der Waals surface area contributed by atoms with Crippen LogP contribution in [0.2, 0.25) is 0 Å². The number of methoxy groups -OCH3 is 1. The summed E-state index contributed by atoms with van der Waals surface area (Å²) < 4.78 is 48.7. The molecule has 9 nitrogen and oxygen atoms in total. The third-order valence-corrected chi connectivity index (χ3v) is 7.40. The van der Waals surface area contributed by atoms with Crippen LogP contribution in [-0.4, -0.2) is 46.4 Å². The number of fused-ring (bicyclic) bond motifs is 4. The average molecular weight is 583 g/mol. The molecule has 0 spiro atoms. The Kier molecular flexibility index (Phi) is 5.09. The predicted molar refractivity (Wildman–Crippen MR) is 133 cm³/mol. The highest BCUT2D eigenvalue weighted by atomic mass is 79.9. The highest BCUT2D eigenvalue weighted by Crippen LogP contribution is 2.45. The fourth-order valence-corrected chi connectivity index (χ4v) is 5.38. The normalized spacial score (nSPS) is 14.7. The first-order valence-electron chi connectivity index (χ1n) is 11.8. The Morgan fingerprint density at radius 2 is 1.97 bits per heavy atom. The van der Waals surface area contributed by atoms with Gasteiger partial charge in [0, 0.05) is 30.4 Å². The van der Waals surface area contributed by atoms with Crippen LogP contribution in [0.4, 0.5) is 13.2 Å². The number of hydrogen-bond acceptors (Lipinski definition) is 7. The molecule has 0 N–H and O–H groups in total. The first-order valence-corrected chi connectivity index (χ1v) is 12.6. The van der Waals surface area contributed by atoms with Crippen LogP contribution >= 0.6 is 15.9 Å². The third kappa shape index (κ3) is 3.75. The molecule has 5 heterocycles. The number of aromatic nitrogens is 8. The molecule has 1 aliphatic heterocycles. The number of imidazole rings is 1. The molecule has 4 aromatic heterocycles. The Hall–Kier alpha value is -3.87. The SMILES string of the molecule is COc1ncnc(C2CC2)c1-c1ncc2c(Br)nn(Cc3ccc4c(c3)Cn3cc(C(F)(F)F)nc3-4)c2n1. The molecule has 5 aromatic rings. The number of nitrogens with zero attached hydrogens (tertiary/aromatic N) is 8. The summed E-state index contributed by atoms with van der Waals surface area (Å²) in [4.78, 5) is 22.0. The van der Waals surface area contributed by atoms with Crippen LogP contribution in [0.25, 0.3) is 33.8 Å². The highest BCUT2D eigenvalue weighted by Gasteiger charge is 2.36. The van der Waals surface area contributed by atoms with Crippen LogP contribution < -0.4 is 4.74 Å². The summed E-state index contributed by atoms with van der Waals surface area (Å²) in [6.07, 6.45) is 1.90. The van der Waals surface area contributed by atoms with Crippen molar-refractivity contribution in [2.24, 2.45) is 0 Å². The van der Waals surface area contributed by atoms with Crippen molar-refractivity contribution in [1.82, 2.24) is 39.3 Å². The van der Waals surface area contributed by atoms with Gasteiger partial charge in [0.2, 0.25) is 5.88 Å². The Labute approximate surface area is 221 Å². The van der Waals surface area contributed by atoms with Gasteiger partial charge in [-0.3, -0.25) is 0 Å². The van der Waals surface area contributed by atoms with E-state index in [0.717, 1.165) is 41.2 Å². The van der Waals surface area contributed by atoms with E-state index >= 15 is 0 Å². The van der Waals surface area contributed by atoms with Gasteiger partial charge in [-0.1, -0.05) is 18.2 Å². The van der Waals surface area contributed by atoms with Crippen molar-refractivity contribution in [2.75, 3.05) is 7.11 Å². The number of rotatable bonds is 5. The van der Waals surface area contributed by atoms with E-state index in [9.17, 15) is 13.2 Å². The number of hydrogen-bond donors (Lipinski definition) is 0. The minimum absolute atomic E-state index is 0.328. The zero-order chi connectivity index (χ0) is 26.2. The van der Waals surface area contributed by atoms with Crippen molar-refractivity contribution in [3.05, 3.63) is 64.0 Å². The highest BCUT2D eigenvalue weighted by molar-refractivity contribution is 9.10. The molecule has 1 fully saturated rings. The molecular formula is C25H18BrF3N8O. The Morgan fingerprint density at radius 3 is 2.74 bits per heavy atom. The summed E-state index contributed by atoms with van der Waals surface area (Å²) in [6.45, 7) is 0.731. The molecule has 38 heavy (non-hydrogen) atoms. The van der Waals surface area contributed by atoms with Gasteiger partial charge in [0.05, 0.1) is 24.7 Å². The van der Waals surface area contributed by atoms with Gasteiger partial charge in [-0.15, -0.1) is 0 Å². The van der Waals surface area contributed by atoms with Crippen molar-refractivity contribution in [3.8, 4) is 28.7 Å². The second-order valence-electron chi connectivity index (χ2n) is 9.36. The molecule has 0 bridgehead atoms. The summed E-state index contributed by atoms with van der Waals surface area (Å²) in [5.41, 5.74) is 3.85. The number of halogens is 4. The topological polar surface area (TPSA) is 96.4 Å². The Balaban J connectivity index is 1.25. The van der Waals surface area contributed by atoms with E-state index < -0.39 is 11.9 Å². The van der Waals surface area contributed by atoms with E-state index in [4.69, 9.17) is 9.72 Å². The maximum atomic E-state index is 13.1. The lowest BCUT2D eigenvalue weighted by molar-refractivity contribution is -0.140. The number of ether oxygens (including phenoxy) is 1. The molecule has 1 aromatic carbocycles. The van der Waals surface area contributed by atoms with E-state index in [1.54, 1.807) is 18.0 Å². The van der Waals surface area contributed by atoms with Crippen LogP contribution in [0.3, 0.4) is 0 Å². The fraction of sp³-hybridized carbons (Fsp3) is 0.280. The molecule has 0 saturated heterocycles. The zero-order valence-electron chi connectivity index (χ0n) is 19.9. The van der Waals surface area contributed by atoms with Crippen LogP contribution in [0, 0.1) is 0 Å². The van der Waals surface area contributed by atoms with Crippen molar-refractivity contribution < 1.29 is 17.9 Å². The first-order chi connectivity index (χ1) is 18.3.